The minimum Gasteiger partial charge on any atom is -0.496 e. The number of carbonyl (C=O) groups excluding carboxylic acids is 2. The average Bonchev–Trinajstić information content (AvgIpc) is 3.41. The van der Waals surface area contributed by atoms with Crippen molar-refractivity contribution in [1.82, 2.24) is 9.80 Å². The highest BCUT2D eigenvalue weighted by Gasteiger charge is 2.34. The number of rotatable bonds is 4. The normalized spacial score (nSPS) is 18.5. The van der Waals surface area contributed by atoms with E-state index in [4.69, 9.17) is 4.74 Å². The van der Waals surface area contributed by atoms with Crippen LogP contribution in [0.3, 0.4) is 0 Å². The van der Waals surface area contributed by atoms with Gasteiger partial charge in [-0.15, -0.1) is 0 Å². The number of amides is 2. The van der Waals surface area contributed by atoms with Gasteiger partial charge in [-0.2, -0.15) is 0 Å². The van der Waals surface area contributed by atoms with Gasteiger partial charge in [-0.3, -0.25) is 9.59 Å². The second-order valence-corrected chi connectivity index (χ2v) is 6.32. The quantitative estimate of drug-likeness (QED) is 0.850. The molecule has 1 aromatic rings. The van der Waals surface area contributed by atoms with Crippen molar-refractivity contribution in [2.45, 2.75) is 25.7 Å². The second-order valence-electron chi connectivity index (χ2n) is 6.32. The fourth-order valence-electron chi connectivity index (χ4n) is 3.10. The highest BCUT2D eigenvalue weighted by Crippen LogP contribution is 2.31. The van der Waals surface area contributed by atoms with Crippen LogP contribution in [-0.2, 0) is 16.0 Å². The number of hydrogen-bond donors (Lipinski definition) is 0. The molecule has 5 heteroatoms. The Kier molecular flexibility index (Phi) is 4.84. The first-order valence-corrected chi connectivity index (χ1v) is 8.37. The highest BCUT2D eigenvalue weighted by atomic mass is 16.5. The van der Waals surface area contributed by atoms with E-state index in [1.807, 2.05) is 34.1 Å². The van der Waals surface area contributed by atoms with Gasteiger partial charge in [-0.25, -0.2) is 0 Å². The second kappa shape index (κ2) is 7.02. The van der Waals surface area contributed by atoms with E-state index in [1.165, 1.54) is 0 Å². The molecule has 23 heavy (non-hydrogen) atoms. The van der Waals surface area contributed by atoms with Crippen molar-refractivity contribution in [3.05, 3.63) is 29.8 Å². The number of ether oxygens (including phenoxy) is 1. The summed E-state index contributed by atoms with van der Waals surface area (Å²) >= 11 is 0. The highest BCUT2D eigenvalue weighted by molar-refractivity contribution is 5.82. The lowest BCUT2D eigenvalue weighted by atomic mass is 10.1. The van der Waals surface area contributed by atoms with E-state index in [2.05, 4.69) is 0 Å². The van der Waals surface area contributed by atoms with Gasteiger partial charge in [0.05, 0.1) is 13.5 Å². The molecule has 2 amide bonds. The van der Waals surface area contributed by atoms with Crippen molar-refractivity contribution in [2.75, 3.05) is 33.3 Å². The first-order valence-electron chi connectivity index (χ1n) is 8.37. The summed E-state index contributed by atoms with van der Waals surface area (Å²) in [6.45, 7) is 2.79. The zero-order valence-corrected chi connectivity index (χ0v) is 13.7. The molecule has 0 radical (unpaired) electrons. The molecule has 1 saturated carbocycles. The van der Waals surface area contributed by atoms with Gasteiger partial charge in [0, 0.05) is 37.7 Å². The van der Waals surface area contributed by atoms with Crippen LogP contribution in [0.15, 0.2) is 24.3 Å². The standard InChI is InChI=1S/C18H24N2O3/c1-23-16-6-3-2-5-15(16)13-17(21)19-9-4-10-20(12-11-19)18(22)14-7-8-14/h2-3,5-6,14H,4,7-13H2,1H3. The molecule has 2 aliphatic rings. The summed E-state index contributed by atoms with van der Waals surface area (Å²) in [7, 11) is 1.62. The molecule has 0 N–H and O–H groups in total. The molecule has 5 nitrogen and oxygen atoms in total. The Labute approximate surface area is 137 Å². The molecule has 1 aromatic carbocycles. The molecule has 1 aliphatic heterocycles. The topological polar surface area (TPSA) is 49.9 Å². The Hall–Kier alpha value is -2.04. The summed E-state index contributed by atoms with van der Waals surface area (Å²) in [5, 5.41) is 0. The van der Waals surface area contributed by atoms with E-state index >= 15 is 0 Å². The summed E-state index contributed by atoms with van der Waals surface area (Å²) < 4.78 is 5.32. The fraction of sp³-hybridized carbons (Fsp3) is 0.556. The number of nitrogens with zero attached hydrogens (tertiary/aromatic N) is 2. The molecule has 2 fully saturated rings. The maximum atomic E-state index is 12.6. The molecule has 3 rings (SSSR count). The summed E-state index contributed by atoms with van der Waals surface area (Å²) in [4.78, 5) is 28.6. The van der Waals surface area contributed by atoms with E-state index in [1.54, 1.807) is 7.11 Å². The van der Waals surface area contributed by atoms with E-state index in [0.717, 1.165) is 43.7 Å². The molecule has 0 aromatic heterocycles. The number of methoxy groups -OCH3 is 1. The van der Waals surface area contributed by atoms with Crippen LogP contribution in [0.4, 0.5) is 0 Å². The Morgan fingerprint density at radius 1 is 1.09 bits per heavy atom. The maximum Gasteiger partial charge on any atom is 0.227 e. The molecule has 0 unspecified atom stereocenters. The Morgan fingerprint density at radius 3 is 2.52 bits per heavy atom. The zero-order valence-electron chi connectivity index (χ0n) is 13.7. The van der Waals surface area contributed by atoms with E-state index < -0.39 is 0 Å². The lowest BCUT2D eigenvalue weighted by molar-refractivity contribution is -0.134. The van der Waals surface area contributed by atoms with Crippen LogP contribution in [0, 0.1) is 5.92 Å². The third-order valence-corrected chi connectivity index (χ3v) is 4.62. The van der Waals surface area contributed by atoms with Gasteiger partial charge in [0.15, 0.2) is 0 Å². The zero-order chi connectivity index (χ0) is 16.2. The molecule has 1 aliphatic carbocycles. The van der Waals surface area contributed by atoms with Crippen molar-refractivity contribution < 1.29 is 14.3 Å². The summed E-state index contributed by atoms with van der Waals surface area (Å²) in [5.74, 6) is 1.39. The number of hydrogen-bond acceptors (Lipinski definition) is 3. The maximum absolute atomic E-state index is 12.6. The molecule has 1 saturated heterocycles. The van der Waals surface area contributed by atoms with Crippen molar-refractivity contribution in [3.63, 3.8) is 0 Å². The molecular weight excluding hydrogens is 292 g/mol. The first-order chi connectivity index (χ1) is 11.2. The van der Waals surface area contributed by atoms with E-state index in [-0.39, 0.29) is 17.7 Å². The lowest BCUT2D eigenvalue weighted by Gasteiger charge is -2.22. The lowest BCUT2D eigenvalue weighted by Crippen LogP contribution is -2.38. The number of carbonyl (C=O) groups is 2. The van der Waals surface area contributed by atoms with Gasteiger partial charge < -0.3 is 14.5 Å². The van der Waals surface area contributed by atoms with Crippen LogP contribution < -0.4 is 4.74 Å². The van der Waals surface area contributed by atoms with Crippen LogP contribution in [0.1, 0.15) is 24.8 Å². The largest absolute Gasteiger partial charge is 0.496 e. The smallest absolute Gasteiger partial charge is 0.227 e. The molecule has 0 spiro atoms. The van der Waals surface area contributed by atoms with Gasteiger partial charge in [-0.1, -0.05) is 18.2 Å². The van der Waals surface area contributed by atoms with Crippen molar-refractivity contribution in [1.29, 1.82) is 0 Å². The summed E-state index contributed by atoms with van der Waals surface area (Å²) in [6, 6.07) is 7.63. The number of benzene rings is 1. The van der Waals surface area contributed by atoms with Crippen molar-refractivity contribution >= 4 is 11.8 Å². The molecule has 124 valence electrons. The van der Waals surface area contributed by atoms with E-state index in [0.29, 0.717) is 19.5 Å². The van der Waals surface area contributed by atoms with Crippen molar-refractivity contribution in [2.24, 2.45) is 5.92 Å². The SMILES string of the molecule is COc1ccccc1CC(=O)N1CCCN(C(=O)C2CC2)CC1. The Balaban J connectivity index is 1.58. The van der Waals surface area contributed by atoms with Gasteiger partial charge in [0.1, 0.15) is 5.75 Å². The third kappa shape index (κ3) is 3.84. The predicted molar refractivity (Wildman–Crippen MR) is 87.2 cm³/mol. The van der Waals surface area contributed by atoms with Gasteiger partial charge >= 0.3 is 0 Å². The van der Waals surface area contributed by atoms with Crippen LogP contribution in [-0.4, -0.2) is 54.9 Å². The van der Waals surface area contributed by atoms with Gasteiger partial charge in [0.2, 0.25) is 11.8 Å². The fourth-order valence-corrected chi connectivity index (χ4v) is 3.10. The third-order valence-electron chi connectivity index (χ3n) is 4.62. The van der Waals surface area contributed by atoms with Gasteiger partial charge in [0.25, 0.3) is 0 Å². The first kappa shape index (κ1) is 15.8. The van der Waals surface area contributed by atoms with Crippen LogP contribution in [0.2, 0.25) is 0 Å². The van der Waals surface area contributed by atoms with Crippen LogP contribution >= 0.6 is 0 Å². The van der Waals surface area contributed by atoms with Gasteiger partial charge in [-0.05, 0) is 25.3 Å². The monoisotopic (exact) mass is 316 g/mol. The minimum absolute atomic E-state index is 0.107. The van der Waals surface area contributed by atoms with Crippen molar-refractivity contribution in [3.8, 4) is 5.75 Å². The molecule has 0 atom stereocenters. The summed E-state index contributed by atoms with van der Waals surface area (Å²) in [6.07, 6.45) is 3.27. The Bertz CT molecular complexity index is 583. The average molecular weight is 316 g/mol. The molecule has 1 heterocycles. The minimum atomic E-state index is 0.107. The van der Waals surface area contributed by atoms with E-state index in [9.17, 15) is 9.59 Å². The van der Waals surface area contributed by atoms with Crippen LogP contribution in [0.5, 0.6) is 5.75 Å². The molecular formula is C18H24N2O3. The predicted octanol–water partition coefficient (Wildman–Crippen LogP) is 1.71. The summed E-state index contributed by atoms with van der Waals surface area (Å²) in [5.41, 5.74) is 0.912. The van der Waals surface area contributed by atoms with Crippen LogP contribution in [0.25, 0.3) is 0 Å². The Morgan fingerprint density at radius 2 is 1.78 bits per heavy atom. The number of para-hydroxylation sites is 1. The molecule has 0 bridgehead atoms.